The summed E-state index contributed by atoms with van der Waals surface area (Å²) in [5.74, 6) is 0. The van der Waals surface area contributed by atoms with Crippen molar-refractivity contribution < 1.29 is 18.9 Å². The highest BCUT2D eigenvalue weighted by Crippen LogP contribution is 2.59. The van der Waals surface area contributed by atoms with E-state index in [0.29, 0.717) is 31.6 Å². The average molecular weight is 503 g/mol. The number of hydrogen-bond acceptors (Lipinski definition) is 6. The molecule has 2 saturated heterocycles. The van der Waals surface area contributed by atoms with Crippen molar-refractivity contribution in [1.29, 1.82) is 0 Å². The summed E-state index contributed by atoms with van der Waals surface area (Å²) in [5.41, 5.74) is -0.0825. The van der Waals surface area contributed by atoms with E-state index in [9.17, 15) is 9.59 Å². The Bertz CT molecular complexity index is 1390. The van der Waals surface area contributed by atoms with E-state index in [1.807, 2.05) is 60.7 Å². The largest absolute Gasteiger partial charge is 0.374 e. The van der Waals surface area contributed by atoms with Crippen LogP contribution in [0.2, 0.25) is 0 Å². The van der Waals surface area contributed by atoms with Crippen LogP contribution in [-0.4, -0.2) is 39.6 Å². The molecular formula is C29H30N2O6. The van der Waals surface area contributed by atoms with Crippen molar-refractivity contribution in [3.8, 4) is 0 Å². The molecule has 8 nitrogen and oxygen atoms in total. The van der Waals surface area contributed by atoms with Gasteiger partial charge in [-0.2, -0.15) is 0 Å². The molecule has 192 valence electrons. The molecule has 3 aliphatic rings. The number of nitrogens with one attached hydrogen (secondary N) is 1. The Morgan fingerprint density at radius 2 is 1.59 bits per heavy atom. The fourth-order valence-electron chi connectivity index (χ4n) is 5.81. The second-order valence-corrected chi connectivity index (χ2v) is 10.0. The van der Waals surface area contributed by atoms with Crippen LogP contribution in [0.4, 0.5) is 0 Å². The molecule has 0 amide bonds. The summed E-state index contributed by atoms with van der Waals surface area (Å²) < 4.78 is 27.8. The third-order valence-corrected chi connectivity index (χ3v) is 7.69. The van der Waals surface area contributed by atoms with Crippen LogP contribution in [0, 0.1) is 6.92 Å². The average Bonchev–Trinajstić information content (AvgIpc) is 3.57. The van der Waals surface area contributed by atoms with Crippen LogP contribution >= 0.6 is 0 Å². The highest BCUT2D eigenvalue weighted by molar-refractivity contribution is 5.27. The highest BCUT2D eigenvalue weighted by Gasteiger charge is 2.74. The van der Waals surface area contributed by atoms with E-state index in [1.165, 1.54) is 10.8 Å². The van der Waals surface area contributed by atoms with Crippen LogP contribution in [0.25, 0.3) is 0 Å². The van der Waals surface area contributed by atoms with Crippen molar-refractivity contribution in [2.75, 3.05) is 6.61 Å². The Morgan fingerprint density at radius 3 is 2.27 bits per heavy atom. The van der Waals surface area contributed by atoms with Crippen LogP contribution in [0.1, 0.15) is 35.8 Å². The minimum atomic E-state index is -0.959. The van der Waals surface area contributed by atoms with E-state index in [0.717, 1.165) is 11.1 Å². The molecule has 37 heavy (non-hydrogen) atoms. The van der Waals surface area contributed by atoms with Crippen molar-refractivity contribution in [2.24, 2.45) is 0 Å². The first-order valence-corrected chi connectivity index (χ1v) is 12.6. The number of benzene rings is 2. The van der Waals surface area contributed by atoms with E-state index < -0.39 is 40.9 Å². The standard InChI is InChI=1S/C29H30N2O6/c1-20-16-31(27(33)30-25(20)32)26-23-24(35-18-22-12-6-3-7-13-22)29(37-26,28(36-23)14-8-9-15-28)19-34-17-21-10-4-2-5-11-21/h2-13,16,23-24,26H,14-15,17-19H2,1H3,(H,30,32,33)/t23?,24?,26-,29-/m1/s1. The molecule has 3 aromatic rings. The lowest BCUT2D eigenvalue weighted by Crippen LogP contribution is -2.60. The molecule has 2 fully saturated rings. The predicted molar refractivity (Wildman–Crippen MR) is 136 cm³/mol. The second-order valence-electron chi connectivity index (χ2n) is 10.0. The summed E-state index contributed by atoms with van der Waals surface area (Å²) in [6.45, 7) is 2.67. The molecule has 2 unspecified atom stereocenters. The normalized spacial score (nSPS) is 27.3. The Hall–Kier alpha value is -3.30. The smallest absolute Gasteiger partial charge is 0.330 e. The Labute approximate surface area is 214 Å². The van der Waals surface area contributed by atoms with Gasteiger partial charge in [0.2, 0.25) is 0 Å². The van der Waals surface area contributed by atoms with Gasteiger partial charge in [0.25, 0.3) is 5.56 Å². The van der Waals surface area contributed by atoms with Gasteiger partial charge in [-0.25, -0.2) is 4.79 Å². The van der Waals surface area contributed by atoms with E-state index >= 15 is 0 Å². The van der Waals surface area contributed by atoms with Gasteiger partial charge in [0, 0.05) is 11.8 Å². The number of fused-ring (bicyclic) bond motifs is 3. The van der Waals surface area contributed by atoms with Crippen LogP contribution in [0.15, 0.2) is 88.6 Å². The number of ether oxygens (including phenoxy) is 4. The quantitative estimate of drug-likeness (QED) is 0.475. The third-order valence-electron chi connectivity index (χ3n) is 7.69. The number of nitrogens with zero attached hydrogens (tertiary/aromatic N) is 1. The molecule has 2 aliphatic heterocycles. The van der Waals surface area contributed by atoms with Gasteiger partial charge in [0.1, 0.15) is 17.8 Å². The molecule has 6 rings (SSSR count). The molecule has 0 saturated carbocycles. The maximum atomic E-state index is 12.8. The molecule has 4 atom stereocenters. The fraction of sp³-hybridized carbons (Fsp3) is 0.379. The van der Waals surface area contributed by atoms with Crippen LogP contribution in [0.5, 0.6) is 0 Å². The second kappa shape index (κ2) is 9.54. The molecule has 2 aromatic carbocycles. The zero-order valence-corrected chi connectivity index (χ0v) is 20.7. The predicted octanol–water partition coefficient (Wildman–Crippen LogP) is 3.40. The molecule has 1 aliphatic carbocycles. The summed E-state index contributed by atoms with van der Waals surface area (Å²) in [6.07, 6.45) is 5.23. The van der Waals surface area contributed by atoms with Gasteiger partial charge in [0.15, 0.2) is 11.8 Å². The molecule has 2 bridgehead atoms. The van der Waals surface area contributed by atoms with E-state index in [4.69, 9.17) is 18.9 Å². The lowest BCUT2D eigenvalue weighted by Gasteiger charge is -2.45. The maximum absolute atomic E-state index is 12.8. The van der Waals surface area contributed by atoms with Crippen molar-refractivity contribution in [1.82, 2.24) is 9.55 Å². The summed E-state index contributed by atoms with van der Waals surface area (Å²) in [4.78, 5) is 27.3. The van der Waals surface area contributed by atoms with Gasteiger partial charge in [-0.3, -0.25) is 14.3 Å². The minimum absolute atomic E-state index is 0.229. The van der Waals surface area contributed by atoms with Crippen LogP contribution in [-0.2, 0) is 32.2 Å². The molecule has 8 heteroatoms. The lowest BCUT2D eigenvalue weighted by atomic mass is 9.79. The highest BCUT2D eigenvalue weighted by atomic mass is 16.7. The van der Waals surface area contributed by atoms with Gasteiger partial charge in [0.05, 0.1) is 19.8 Å². The summed E-state index contributed by atoms with van der Waals surface area (Å²) in [6, 6.07) is 19.9. The topological polar surface area (TPSA) is 91.8 Å². The van der Waals surface area contributed by atoms with Crippen molar-refractivity contribution in [3.05, 3.63) is 117 Å². The zero-order chi connectivity index (χ0) is 25.5. The number of hydrogen-bond donors (Lipinski definition) is 1. The third kappa shape index (κ3) is 4.10. The van der Waals surface area contributed by atoms with E-state index in [1.54, 1.807) is 6.92 Å². The molecular weight excluding hydrogens is 472 g/mol. The summed E-state index contributed by atoms with van der Waals surface area (Å²) in [5, 5.41) is 0. The molecule has 0 radical (unpaired) electrons. The molecule has 1 N–H and O–H groups in total. The Kier molecular flexibility index (Phi) is 6.20. The number of aryl methyl sites for hydroxylation is 1. The summed E-state index contributed by atoms with van der Waals surface area (Å²) in [7, 11) is 0. The SMILES string of the molecule is Cc1cn([C@@H]2O[C@]3(COCc4ccccc4)C(OCc4ccccc4)C2OC32CC=CC2)c(=O)[nH]c1=O. The van der Waals surface area contributed by atoms with Gasteiger partial charge >= 0.3 is 5.69 Å². The van der Waals surface area contributed by atoms with Crippen molar-refractivity contribution in [2.45, 2.75) is 62.6 Å². The first-order chi connectivity index (χ1) is 18.0. The van der Waals surface area contributed by atoms with Gasteiger partial charge in [-0.05, 0) is 30.9 Å². The molecule has 1 spiro atoms. The summed E-state index contributed by atoms with van der Waals surface area (Å²) >= 11 is 0. The lowest BCUT2D eigenvalue weighted by molar-refractivity contribution is -0.272. The first-order valence-electron chi connectivity index (χ1n) is 12.6. The number of H-pyrrole nitrogens is 1. The minimum Gasteiger partial charge on any atom is -0.374 e. The van der Waals surface area contributed by atoms with Crippen molar-refractivity contribution >= 4 is 0 Å². The van der Waals surface area contributed by atoms with Gasteiger partial charge < -0.3 is 18.9 Å². The number of rotatable bonds is 8. The zero-order valence-electron chi connectivity index (χ0n) is 20.7. The Balaban J connectivity index is 1.36. The number of aromatic nitrogens is 2. The van der Waals surface area contributed by atoms with Crippen LogP contribution < -0.4 is 11.2 Å². The maximum Gasteiger partial charge on any atom is 0.330 e. The van der Waals surface area contributed by atoms with Crippen LogP contribution in [0.3, 0.4) is 0 Å². The number of aromatic amines is 1. The fourth-order valence-corrected chi connectivity index (χ4v) is 5.81. The van der Waals surface area contributed by atoms with Gasteiger partial charge in [-0.1, -0.05) is 72.8 Å². The van der Waals surface area contributed by atoms with E-state index in [-0.39, 0.29) is 6.61 Å². The Morgan fingerprint density at radius 1 is 0.946 bits per heavy atom. The first kappa shape index (κ1) is 24.1. The van der Waals surface area contributed by atoms with Gasteiger partial charge in [-0.15, -0.1) is 0 Å². The van der Waals surface area contributed by atoms with Crippen molar-refractivity contribution in [3.63, 3.8) is 0 Å². The van der Waals surface area contributed by atoms with E-state index in [2.05, 4.69) is 17.1 Å². The monoisotopic (exact) mass is 502 g/mol. The molecule has 1 aromatic heterocycles. The molecule has 3 heterocycles.